The van der Waals surface area contributed by atoms with Crippen molar-refractivity contribution in [1.29, 1.82) is 0 Å². The van der Waals surface area contributed by atoms with Crippen molar-refractivity contribution in [2.45, 2.75) is 6.29 Å². The van der Waals surface area contributed by atoms with Gasteiger partial charge in [0.2, 0.25) is 6.29 Å². The molecule has 238 valence electrons. The second-order valence-electron chi connectivity index (χ2n) is 13.5. The summed E-state index contributed by atoms with van der Waals surface area (Å²) in [7, 11) is 0. The Hall–Kier alpha value is -6.71. The lowest BCUT2D eigenvalue weighted by Gasteiger charge is -2.28. The van der Waals surface area contributed by atoms with Crippen LogP contribution in [0.3, 0.4) is 0 Å². The number of hydrogen-bond acceptors (Lipinski definition) is 2. The normalized spacial score (nSPS) is 14.9. The van der Waals surface area contributed by atoms with Crippen LogP contribution in [0.5, 0.6) is 0 Å². The summed E-state index contributed by atoms with van der Waals surface area (Å²) in [5, 5.41) is 19.0. The summed E-state index contributed by atoms with van der Waals surface area (Å²) in [5.74, 6) is 0. The van der Waals surface area contributed by atoms with Crippen molar-refractivity contribution in [3.63, 3.8) is 0 Å². The highest BCUT2D eigenvalue weighted by Gasteiger charge is 2.27. The maximum absolute atomic E-state index is 5.55. The zero-order chi connectivity index (χ0) is 33.5. The Morgan fingerprint density at radius 1 is 0.451 bits per heavy atom. The van der Waals surface area contributed by atoms with Crippen molar-refractivity contribution in [3.05, 3.63) is 187 Å². The van der Waals surface area contributed by atoms with Crippen LogP contribution in [0.4, 0.5) is 0 Å². The van der Waals surface area contributed by atoms with Crippen molar-refractivity contribution >= 4 is 87.1 Å². The lowest BCUT2D eigenvalue weighted by molar-refractivity contribution is 0.509. The van der Waals surface area contributed by atoms with E-state index in [0.29, 0.717) is 0 Å². The summed E-state index contributed by atoms with van der Waals surface area (Å²) in [6, 6.07) is 61.4. The number of aromatic nitrogens is 1. The summed E-state index contributed by atoms with van der Waals surface area (Å²) in [6.45, 7) is 0. The number of allylic oxidation sites excluding steroid dienone is 1. The summed E-state index contributed by atoms with van der Waals surface area (Å²) < 4.78 is 2.45. The number of rotatable bonds is 3. The first-order valence-electron chi connectivity index (χ1n) is 17.6. The molecule has 51 heavy (non-hydrogen) atoms. The molecule has 1 atom stereocenters. The Balaban J connectivity index is 1.26. The molecule has 9 aromatic carbocycles. The number of nitrogens with one attached hydrogen (secondary N) is 1. The van der Waals surface area contributed by atoms with E-state index in [1.807, 2.05) is 0 Å². The van der Waals surface area contributed by atoms with E-state index in [0.717, 1.165) is 22.5 Å². The molecule has 3 nitrogen and oxygen atoms in total. The molecule has 1 unspecified atom stereocenters. The summed E-state index contributed by atoms with van der Waals surface area (Å²) >= 11 is 0. The second kappa shape index (κ2) is 10.9. The first-order chi connectivity index (χ1) is 25.3. The van der Waals surface area contributed by atoms with Crippen molar-refractivity contribution in [2.24, 2.45) is 4.99 Å². The quantitative estimate of drug-likeness (QED) is 0.190. The van der Waals surface area contributed by atoms with Gasteiger partial charge in [0, 0.05) is 32.8 Å². The molecule has 2 heterocycles. The molecule has 0 saturated carbocycles. The van der Waals surface area contributed by atoms with Gasteiger partial charge in [-0.05, 0) is 66.9 Å². The standard InChI is InChI=1S/C48H31N3/c1-2-15-31(16-3-1)42-29-43(41-28-32-17-5-6-18-33(32)35-20-8-9-21-36(35)41)50-48(49-42)51-44-25-13-12-24-40(44)46-45-34-19-7-4-14-30(34)26-27-38(45)37-22-10-11-23-39(37)47(46)51/h1-29,48,50H. The van der Waals surface area contributed by atoms with Crippen molar-refractivity contribution in [2.75, 3.05) is 0 Å². The van der Waals surface area contributed by atoms with Gasteiger partial charge in [-0.2, -0.15) is 0 Å². The summed E-state index contributed by atoms with van der Waals surface area (Å²) in [5.41, 5.74) is 6.60. The maximum Gasteiger partial charge on any atom is 0.201 e. The largest absolute Gasteiger partial charge is 0.346 e. The first-order valence-corrected chi connectivity index (χ1v) is 17.6. The number of hydrogen-bond donors (Lipinski definition) is 1. The van der Waals surface area contributed by atoms with E-state index < -0.39 is 6.29 Å². The third-order valence-electron chi connectivity index (χ3n) is 10.8. The Morgan fingerprint density at radius 2 is 1.06 bits per heavy atom. The topological polar surface area (TPSA) is 29.3 Å². The van der Waals surface area contributed by atoms with Crippen molar-refractivity contribution < 1.29 is 0 Å². The molecule has 1 aliphatic heterocycles. The minimum atomic E-state index is -0.413. The minimum Gasteiger partial charge on any atom is -0.346 e. The van der Waals surface area contributed by atoms with Gasteiger partial charge >= 0.3 is 0 Å². The van der Waals surface area contributed by atoms with Gasteiger partial charge in [-0.3, -0.25) is 0 Å². The van der Waals surface area contributed by atoms with Gasteiger partial charge in [0.05, 0.1) is 16.7 Å². The number of benzene rings is 9. The van der Waals surface area contributed by atoms with Crippen LogP contribution >= 0.6 is 0 Å². The zero-order valence-corrected chi connectivity index (χ0v) is 27.7. The molecule has 0 bridgehead atoms. The lowest BCUT2D eigenvalue weighted by atomic mass is 9.93. The van der Waals surface area contributed by atoms with Crippen LogP contribution in [0.1, 0.15) is 17.4 Å². The fraction of sp³-hybridized carbons (Fsp3) is 0.0208. The first kappa shape index (κ1) is 28.2. The molecule has 0 saturated heterocycles. The molecule has 0 aliphatic carbocycles. The van der Waals surface area contributed by atoms with Crippen LogP contribution in [-0.2, 0) is 0 Å². The number of fused-ring (bicyclic) bond motifs is 13. The van der Waals surface area contributed by atoms with Gasteiger partial charge in [0.1, 0.15) is 0 Å². The molecule has 0 spiro atoms. The van der Waals surface area contributed by atoms with E-state index in [1.165, 1.54) is 75.7 Å². The van der Waals surface area contributed by atoms with Gasteiger partial charge in [0.25, 0.3) is 0 Å². The van der Waals surface area contributed by atoms with Crippen molar-refractivity contribution in [1.82, 2.24) is 9.88 Å². The average Bonchev–Trinajstić information content (AvgIpc) is 3.56. The third kappa shape index (κ3) is 4.15. The van der Waals surface area contributed by atoms with E-state index in [4.69, 9.17) is 4.99 Å². The Labute approximate surface area is 294 Å². The predicted molar refractivity (Wildman–Crippen MR) is 217 cm³/mol. The Bertz CT molecular complexity index is 3110. The molecule has 1 aromatic heterocycles. The van der Waals surface area contributed by atoms with Gasteiger partial charge in [-0.15, -0.1) is 0 Å². The Morgan fingerprint density at radius 3 is 1.86 bits per heavy atom. The zero-order valence-electron chi connectivity index (χ0n) is 27.7. The molecular weight excluding hydrogens is 619 g/mol. The van der Waals surface area contributed by atoms with Crippen LogP contribution in [0.2, 0.25) is 0 Å². The highest BCUT2D eigenvalue weighted by molar-refractivity contribution is 6.36. The molecule has 1 aliphatic rings. The molecule has 1 N–H and O–H groups in total. The van der Waals surface area contributed by atoms with Crippen LogP contribution in [0, 0.1) is 0 Å². The molecule has 3 heteroatoms. The van der Waals surface area contributed by atoms with E-state index in [-0.39, 0.29) is 0 Å². The molecule has 10 aromatic rings. The third-order valence-corrected chi connectivity index (χ3v) is 10.8. The van der Waals surface area contributed by atoms with Crippen LogP contribution in [-0.4, -0.2) is 10.3 Å². The van der Waals surface area contributed by atoms with Crippen LogP contribution in [0.25, 0.3) is 81.4 Å². The Kier molecular flexibility index (Phi) is 6.02. The van der Waals surface area contributed by atoms with E-state index in [9.17, 15) is 0 Å². The van der Waals surface area contributed by atoms with Crippen molar-refractivity contribution in [3.8, 4) is 0 Å². The van der Waals surface area contributed by atoms with Gasteiger partial charge in [-0.1, -0.05) is 158 Å². The van der Waals surface area contributed by atoms with E-state index in [1.54, 1.807) is 0 Å². The highest BCUT2D eigenvalue weighted by Crippen LogP contribution is 2.45. The maximum atomic E-state index is 5.55. The fourth-order valence-corrected chi connectivity index (χ4v) is 8.57. The van der Waals surface area contributed by atoms with E-state index in [2.05, 4.69) is 186 Å². The van der Waals surface area contributed by atoms with Crippen LogP contribution in [0.15, 0.2) is 181 Å². The highest BCUT2D eigenvalue weighted by atomic mass is 15.3. The lowest BCUT2D eigenvalue weighted by Crippen LogP contribution is -2.29. The number of para-hydroxylation sites is 1. The molecule has 11 rings (SSSR count). The van der Waals surface area contributed by atoms with Gasteiger partial charge in [-0.25, -0.2) is 4.99 Å². The van der Waals surface area contributed by atoms with E-state index >= 15 is 0 Å². The second-order valence-corrected chi connectivity index (χ2v) is 13.5. The van der Waals surface area contributed by atoms with Gasteiger partial charge < -0.3 is 9.88 Å². The molecule has 0 fully saturated rings. The molecular formula is C48H31N3. The SMILES string of the molecule is C1=C(c2cc3ccccc3c3ccccc23)NC(n2c3ccccc3c3c4c5ccccc5ccc4c4ccccc4c32)N=C1c1ccccc1. The smallest absolute Gasteiger partial charge is 0.201 e. The monoisotopic (exact) mass is 649 g/mol. The average molecular weight is 650 g/mol. The predicted octanol–water partition coefficient (Wildman–Crippen LogP) is 12.2. The minimum absolute atomic E-state index is 0.413. The molecule has 0 radical (unpaired) electrons. The summed E-state index contributed by atoms with van der Waals surface area (Å²) in [6.07, 6.45) is 1.82. The fourth-order valence-electron chi connectivity index (χ4n) is 8.57. The van der Waals surface area contributed by atoms with Crippen LogP contribution < -0.4 is 5.32 Å². The number of aliphatic imine (C=N–C) groups is 1. The van der Waals surface area contributed by atoms with Gasteiger partial charge in [0.15, 0.2) is 0 Å². The summed E-state index contributed by atoms with van der Waals surface area (Å²) in [4.78, 5) is 5.55. The molecule has 0 amide bonds. The number of nitrogens with zero attached hydrogens (tertiary/aromatic N) is 2.